The van der Waals surface area contributed by atoms with Gasteiger partial charge in [-0.2, -0.15) is 0 Å². The molecule has 0 bridgehead atoms. The number of halogens is 1. The molecule has 0 saturated carbocycles. The van der Waals surface area contributed by atoms with Gasteiger partial charge in [0, 0.05) is 5.02 Å². The van der Waals surface area contributed by atoms with E-state index in [4.69, 9.17) is 16.3 Å². The number of hydrogen-bond donors (Lipinski definition) is 2. The molecule has 1 amide bonds. The van der Waals surface area contributed by atoms with Crippen molar-refractivity contribution >= 4 is 17.7 Å². The third kappa shape index (κ3) is 5.49. The summed E-state index contributed by atoms with van der Waals surface area (Å²) in [7, 11) is 0. The zero-order valence-corrected chi connectivity index (χ0v) is 12.4. The van der Waals surface area contributed by atoms with E-state index in [9.17, 15) is 9.90 Å². The number of nitrogens with one attached hydrogen (secondary N) is 1. The van der Waals surface area contributed by atoms with Crippen molar-refractivity contribution in [3.63, 3.8) is 0 Å². The summed E-state index contributed by atoms with van der Waals surface area (Å²) in [5, 5.41) is 13.3. The van der Waals surface area contributed by atoms with Gasteiger partial charge in [0.1, 0.15) is 5.60 Å². The van der Waals surface area contributed by atoms with Crippen molar-refractivity contribution in [1.29, 1.82) is 0 Å². The standard InChI is InChI=1S/C14H20ClNO3/c1-9(16-13(18)19-14(2,3)4)12(17)10-5-7-11(15)8-6-10/h5-9,12,17H,1-4H3,(H,16,18)/t9-,12-/m1/s1. The third-order valence-corrected chi connectivity index (χ3v) is 2.68. The molecule has 0 aliphatic rings. The molecule has 0 heterocycles. The van der Waals surface area contributed by atoms with Gasteiger partial charge in [-0.3, -0.25) is 0 Å². The zero-order valence-electron chi connectivity index (χ0n) is 11.6. The number of ether oxygens (including phenoxy) is 1. The van der Waals surface area contributed by atoms with Crippen molar-refractivity contribution in [2.24, 2.45) is 0 Å². The van der Waals surface area contributed by atoms with Crippen LogP contribution in [0.25, 0.3) is 0 Å². The summed E-state index contributed by atoms with van der Waals surface area (Å²) in [6.07, 6.45) is -1.36. The normalized spacial score (nSPS) is 14.6. The molecule has 19 heavy (non-hydrogen) atoms. The molecule has 4 nitrogen and oxygen atoms in total. The van der Waals surface area contributed by atoms with Crippen LogP contribution in [0, 0.1) is 0 Å². The average molecular weight is 286 g/mol. The quantitative estimate of drug-likeness (QED) is 0.896. The zero-order chi connectivity index (χ0) is 14.6. The summed E-state index contributed by atoms with van der Waals surface area (Å²) in [5.41, 5.74) is 0.127. The Morgan fingerprint density at radius 3 is 2.32 bits per heavy atom. The molecular formula is C14H20ClNO3. The molecule has 0 aliphatic carbocycles. The Morgan fingerprint density at radius 1 is 1.32 bits per heavy atom. The first-order valence-electron chi connectivity index (χ1n) is 6.12. The Balaban J connectivity index is 2.60. The highest BCUT2D eigenvalue weighted by molar-refractivity contribution is 6.30. The van der Waals surface area contributed by atoms with Crippen molar-refractivity contribution in [3.8, 4) is 0 Å². The average Bonchev–Trinajstić information content (AvgIpc) is 2.26. The van der Waals surface area contributed by atoms with Crippen LogP contribution in [0.2, 0.25) is 5.02 Å². The van der Waals surface area contributed by atoms with Crippen LogP contribution >= 0.6 is 11.6 Å². The Bertz CT molecular complexity index is 425. The minimum Gasteiger partial charge on any atom is -0.444 e. The summed E-state index contributed by atoms with van der Waals surface area (Å²) >= 11 is 5.78. The Morgan fingerprint density at radius 2 is 1.84 bits per heavy atom. The summed E-state index contributed by atoms with van der Waals surface area (Å²) < 4.78 is 5.13. The predicted molar refractivity (Wildman–Crippen MR) is 75.2 cm³/mol. The lowest BCUT2D eigenvalue weighted by Crippen LogP contribution is -2.40. The van der Waals surface area contributed by atoms with Crippen molar-refractivity contribution in [3.05, 3.63) is 34.9 Å². The maximum Gasteiger partial charge on any atom is 0.407 e. The fourth-order valence-electron chi connectivity index (χ4n) is 1.52. The lowest BCUT2D eigenvalue weighted by molar-refractivity contribution is 0.0436. The van der Waals surface area contributed by atoms with Gasteiger partial charge >= 0.3 is 6.09 Å². The molecule has 2 atom stereocenters. The molecule has 1 rings (SSSR count). The second kappa shape index (κ2) is 6.26. The van der Waals surface area contributed by atoms with E-state index in [0.29, 0.717) is 10.6 Å². The number of alkyl carbamates (subject to hydrolysis) is 1. The summed E-state index contributed by atoms with van der Waals surface area (Å²) in [6.45, 7) is 7.07. The van der Waals surface area contributed by atoms with E-state index in [1.54, 1.807) is 52.0 Å². The van der Waals surface area contributed by atoms with Gasteiger partial charge < -0.3 is 15.2 Å². The Kier molecular flexibility index (Phi) is 5.20. The SMILES string of the molecule is C[C@@H](NC(=O)OC(C)(C)C)[C@@H](O)c1ccc(Cl)cc1. The molecule has 0 aliphatic heterocycles. The minimum absolute atomic E-state index is 0.462. The van der Waals surface area contributed by atoms with Gasteiger partial charge in [0.25, 0.3) is 0 Å². The van der Waals surface area contributed by atoms with Crippen LogP contribution in [-0.2, 0) is 4.74 Å². The largest absolute Gasteiger partial charge is 0.444 e. The molecule has 5 heteroatoms. The van der Waals surface area contributed by atoms with Gasteiger partial charge in [-0.25, -0.2) is 4.79 Å². The number of carbonyl (C=O) groups is 1. The van der Waals surface area contributed by atoms with Crippen LogP contribution in [0.15, 0.2) is 24.3 Å². The number of benzene rings is 1. The first-order valence-corrected chi connectivity index (χ1v) is 6.50. The van der Waals surface area contributed by atoms with Crippen LogP contribution in [0.4, 0.5) is 4.79 Å². The number of aliphatic hydroxyl groups is 1. The van der Waals surface area contributed by atoms with Crippen molar-refractivity contribution in [2.75, 3.05) is 0 Å². The summed E-state index contributed by atoms with van der Waals surface area (Å²) in [6, 6.07) is 6.37. The van der Waals surface area contributed by atoms with Gasteiger partial charge in [-0.1, -0.05) is 23.7 Å². The van der Waals surface area contributed by atoms with Crippen molar-refractivity contribution < 1.29 is 14.6 Å². The second-order valence-corrected chi connectivity index (χ2v) is 5.87. The molecule has 1 aromatic carbocycles. The van der Waals surface area contributed by atoms with E-state index in [1.807, 2.05) is 0 Å². The van der Waals surface area contributed by atoms with Gasteiger partial charge in [0.05, 0.1) is 12.1 Å². The molecule has 0 unspecified atom stereocenters. The van der Waals surface area contributed by atoms with Gasteiger partial charge in [0.2, 0.25) is 0 Å². The van der Waals surface area contributed by atoms with Crippen molar-refractivity contribution in [1.82, 2.24) is 5.32 Å². The van der Waals surface area contributed by atoms with Crippen molar-refractivity contribution in [2.45, 2.75) is 45.4 Å². The van der Waals surface area contributed by atoms with Crippen LogP contribution in [-0.4, -0.2) is 22.8 Å². The highest BCUT2D eigenvalue weighted by Gasteiger charge is 2.22. The number of amides is 1. The molecule has 0 spiro atoms. The van der Waals surface area contributed by atoms with Gasteiger partial charge in [0.15, 0.2) is 0 Å². The molecule has 0 fully saturated rings. The number of rotatable bonds is 3. The molecular weight excluding hydrogens is 266 g/mol. The van der Waals surface area contributed by atoms with E-state index in [2.05, 4.69) is 5.32 Å². The molecule has 0 saturated heterocycles. The van der Waals surface area contributed by atoms with Crippen LogP contribution in [0.1, 0.15) is 39.4 Å². The molecule has 1 aromatic rings. The van der Waals surface area contributed by atoms with Crippen LogP contribution < -0.4 is 5.32 Å². The van der Waals surface area contributed by atoms with Gasteiger partial charge in [-0.05, 0) is 45.4 Å². The molecule has 106 valence electrons. The molecule has 2 N–H and O–H groups in total. The van der Waals surface area contributed by atoms with Crippen LogP contribution in [0.5, 0.6) is 0 Å². The highest BCUT2D eigenvalue weighted by atomic mass is 35.5. The minimum atomic E-state index is -0.815. The molecule has 0 radical (unpaired) electrons. The van der Waals surface area contributed by atoms with E-state index in [0.717, 1.165) is 0 Å². The van der Waals surface area contributed by atoms with Crippen LogP contribution in [0.3, 0.4) is 0 Å². The lowest BCUT2D eigenvalue weighted by atomic mass is 10.0. The van der Waals surface area contributed by atoms with E-state index in [1.165, 1.54) is 0 Å². The highest BCUT2D eigenvalue weighted by Crippen LogP contribution is 2.19. The number of carbonyl (C=O) groups excluding carboxylic acids is 1. The maximum absolute atomic E-state index is 11.6. The van der Waals surface area contributed by atoms with E-state index in [-0.39, 0.29) is 0 Å². The lowest BCUT2D eigenvalue weighted by Gasteiger charge is -2.24. The van der Waals surface area contributed by atoms with E-state index < -0.39 is 23.8 Å². The third-order valence-electron chi connectivity index (χ3n) is 2.43. The fourth-order valence-corrected chi connectivity index (χ4v) is 1.65. The van der Waals surface area contributed by atoms with Gasteiger partial charge in [-0.15, -0.1) is 0 Å². The summed E-state index contributed by atoms with van der Waals surface area (Å²) in [5.74, 6) is 0. The molecule has 0 aromatic heterocycles. The fraction of sp³-hybridized carbons (Fsp3) is 0.500. The number of aliphatic hydroxyl groups excluding tert-OH is 1. The topological polar surface area (TPSA) is 58.6 Å². The number of hydrogen-bond acceptors (Lipinski definition) is 3. The monoisotopic (exact) mass is 285 g/mol. The second-order valence-electron chi connectivity index (χ2n) is 5.43. The smallest absolute Gasteiger partial charge is 0.407 e. The Hall–Kier alpha value is -1.26. The van der Waals surface area contributed by atoms with E-state index >= 15 is 0 Å². The summed E-state index contributed by atoms with van der Waals surface area (Å²) in [4.78, 5) is 11.6. The first kappa shape index (κ1) is 15.8. The Labute approximate surface area is 118 Å². The predicted octanol–water partition coefficient (Wildman–Crippen LogP) is 3.29. The maximum atomic E-state index is 11.6. The first-order chi connectivity index (χ1) is 8.69.